The molecule has 0 radical (unpaired) electrons. The second-order valence-electron chi connectivity index (χ2n) is 5.22. The number of nitrogens with zero attached hydrogens (tertiary/aromatic N) is 2. The Hall–Kier alpha value is -1.92. The molecule has 0 aliphatic carbocycles. The minimum absolute atomic E-state index is 0.306. The average Bonchev–Trinajstić information content (AvgIpc) is 2.50. The molecule has 1 N–H and O–H groups in total. The second-order valence-corrected chi connectivity index (χ2v) is 6.96. The number of rotatable bonds is 7. The van der Waals surface area contributed by atoms with Crippen LogP contribution in [0.4, 0.5) is 5.69 Å². The summed E-state index contributed by atoms with van der Waals surface area (Å²) in [6.45, 7) is 4.28. The topological polar surface area (TPSA) is 61.8 Å². The quantitative estimate of drug-likeness (QED) is 0.629. The minimum Gasteiger partial charge on any atom is -0.377 e. The molecule has 0 spiro atoms. The molecular weight excluding hydrogens is 298 g/mol. The van der Waals surface area contributed by atoms with Gasteiger partial charge in [0.2, 0.25) is 10.0 Å². The molecule has 118 valence electrons. The van der Waals surface area contributed by atoms with E-state index in [-0.39, 0.29) is 0 Å². The summed E-state index contributed by atoms with van der Waals surface area (Å²) in [6.07, 6.45) is 0.635. The predicted molar refractivity (Wildman–Crippen MR) is 92.5 cm³/mol. The highest BCUT2D eigenvalue weighted by Gasteiger charge is 2.17. The van der Waals surface area contributed by atoms with Gasteiger partial charge in [-0.3, -0.25) is 0 Å². The van der Waals surface area contributed by atoms with E-state index in [0.29, 0.717) is 24.4 Å². The SMILES string of the molecule is C=NCCCNS(=O)(=O)c1cccc2c(N(C)C)cccc12. The number of fused-ring (bicyclic) bond motifs is 1. The molecule has 0 aromatic heterocycles. The van der Waals surface area contributed by atoms with Gasteiger partial charge in [0.1, 0.15) is 0 Å². The van der Waals surface area contributed by atoms with E-state index < -0.39 is 10.0 Å². The number of aliphatic imine (C=N–C) groups is 1. The number of hydrogen-bond acceptors (Lipinski definition) is 4. The summed E-state index contributed by atoms with van der Waals surface area (Å²) >= 11 is 0. The average molecular weight is 319 g/mol. The maximum Gasteiger partial charge on any atom is 0.241 e. The largest absolute Gasteiger partial charge is 0.377 e. The molecule has 2 aromatic rings. The fraction of sp³-hybridized carbons (Fsp3) is 0.312. The summed E-state index contributed by atoms with van der Waals surface area (Å²) in [5, 5.41) is 1.64. The van der Waals surface area contributed by atoms with Crippen molar-refractivity contribution in [3.63, 3.8) is 0 Å². The monoisotopic (exact) mass is 319 g/mol. The van der Waals surface area contributed by atoms with Crippen molar-refractivity contribution in [3.05, 3.63) is 36.4 Å². The maximum absolute atomic E-state index is 12.5. The normalized spacial score (nSPS) is 11.5. The Labute approximate surface area is 131 Å². The molecule has 6 heteroatoms. The number of benzene rings is 2. The van der Waals surface area contributed by atoms with Gasteiger partial charge in [0.05, 0.1) is 4.90 Å². The van der Waals surface area contributed by atoms with Crippen LogP contribution >= 0.6 is 0 Å². The summed E-state index contributed by atoms with van der Waals surface area (Å²) in [4.78, 5) is 6.00. The van der Waals surface area contributed by atoms with E-state index in [1.54, 1.807) is 12.1 Å². The van der Waals surface area contributed by atoms with E-state index >= 15 is 0 Å². The van der Waals surface area contributed by atoms with E-state index in [9.17, 15) is 8.42 Å². The van der Waals surface area contributed by atoms with Gasteiger partial charge in [0, 0.05) is 43.6 Å². The standard InChI is InChI=1S/C16H21N3O2S/c1-17-11-6-12-18-22(20,21)16-10-5-7-13-14(16)8-4-9-15(13)19(2)3/h4-5,7-10,18H,1,6,11-12H2,2-3H3. The number of hydrogen-bond donors (Lipinski definition) is 1. The molecule has 2 aromatic carbocycles. The van der Waals surface area contributed by atoms with Gasteiger partial charge in [-0.2, -0.15) is 0 Å². The second kappa shape index (κ2) is 6.89. The third-order valence-electron chi connectivity index (χ3n) is 3.42. The fourth-order valence-corrected chi connectivity index (χ4v) is 3.66. The van der Waals surface area contributed by atoms with Crippen molar-refractivity contribution in [3.8, 4) is 0 Å². The van der Waals surface area contributed by atoms with Crippen LogP contribution in [0.1, 0.15) is 6.42 Å². The molecule has 0 heterocycles. The first-order valence-electron chi connectivity index (χ1n) is 7.08. The van der Waals surface area contributed by atoms with Crippen LogP contribution in [0.15, 0.2) is 46.3 Å². The highest BCUT2D eigenvalue weighted by Crippen LogP contribution is 2.29. The molecule has 5 nitrogen and oxygen atoms in total. The molecular formula is C16H21N3O2S. The van der Waals surface area contributed by atoms with Crippen LogP contribution in [-0.4, -0.2) is 42.3 Å². The van der Waals surface area contributed by atoms with Gasteiger partial charge in [-0.15, -0.1) is 0 Å². The highest BCUT2D eigenvalue weighted by molar-refractivity contribution is 7.89. The molecule has 22 heavy (non-hydrogen) atoms. The Morgan fingerprint density at radius 1 is 1.14 bits per heavy atom. The van der Waals surface area contributed by atoms with Gasteiger partial charge in [-0.05, 0) is 25.3 Å². The summed E-state index contributed by atoms with van der Waals surface area (Å²) < 4.78 is 27.7. The summed E-state index contributed by atoms with van der Waals surface area (Å²) in [5.74, 6) is 0. The van der Waals surface area contributed by atoms with Crippen LogP contribution < -0.4 is 9.62 Å². The first-order chi connectivity index (χ1) is 10.5. The van der Waals surface area contributed by atoms with E-state index in [2.05, 4.69) is 16.4 Å². The van der Waals surface area contributed by atoms with Crippen molar-refractivity contribution < 1.29 is 8.42 Å². The molecule has 0 fully saturated rings. The predicted octanol–water partition coefficient (Wildman–Crippen LogP) is 2.27. The zero-order chi connectivity index (χ0) is 16.2. The smallest absolute Gasteiger partial charge is 0.241 e. The van der Waals surface area contributed by atoms with Crippen molar-refractivity contribution in [1.82, 2.24) is 4.72 Å². The van der Waals surface area contributed by atoms with Crippen molar-refractivity contribution in [2.24, 2.45) is 4.99 Å². The third-order valence-corrected chi connectivity index (χ3v) is 4.93. The van der Waals surface area contributed by atoms with Gasteiger partial charge in [-0.1, -0.05) is 24.3 Å². The Bertz CT molecular complexity index is 770. The minimum atomic E-state index is -3.54. The number of sulfonamides is 1. The van der Waals surface area contributed by atoms with Gasteiger partial charge in [0.25, 0.3) is 0 Å². The Morgan fingerprint density at radius 2 is 1.82 bits per heavy atom. The molecule has 0 saturated heterocycles. The van der Waals surface area contributed by atoms with E-state index in [4.69, 9.17) is 0 Å². The molecule has 0 saturated carbocycles. The summed E-state index contributed by atoms with van der Waals surface area (Å²) in [6, 6.07) is 11.0. The zero-order valence-electron chi connectivity index (χ0n) is 12.9. The lowest BCUT2D eigenvalue weighted by Crippen LogP contribution is -2.25. The van der Waals surface area contributed by atoms with Gasteiger partial charge in [0.15, 0.2) is 0 Å². The molecule has 0 bridgehead atoms. The van der Waals surface area contributed by atoms with Gasteiger partial charge >= 0.3 is 0 Å². The zero-order valence-corrected chi connectivity index (χ0v) is 13.7. The lowest BCUT2D eigenvalue weighted by Gasteiger charge is -2.17. The molecule has 0 atom stereocenters. The Balaban J connectivity index is 2.43. The van der Waals surface area contributed by atoms with Crippen molar-refractivity contribution >= 4 is 33.2 Å². The van der Waals surface area contributed by atoms with Crippen LogP contribution in [0.5, 0.6) is 0 Å². The highest BCUT2D eigenvalue weighted by atomic mass is 32.2. The van der Waals surface area contributed by atoms with E-state index in [1.165, 1.54) is 0 Å². The number of anilines is 1. The third kappa shape index (κ3) is 3.45. The van der Waals surface area contributed by atoms with Crippen LogP contribution in [0, 0.1) is 0 Å². The molecule has 2 rings (SSSR count). The molecule has 0 aliphatic heterocycles. The fourth-order valence-electron chi connectivity index (χ4n) is 2.36. The maximum atomic E-state index is 12.5. The van der Waals surface area contributed by atoms with Crippen LogP contribution in [0.25, 0.3) is 10.8 Å². The summed E-state index contributed by atoms with van der Waals surface area (Å²) in [5.41, 5.74) is 0.991. The molecule has 0 amide bonds. The number of nitrogens with one attached hydrogen (secondary N) is 1. The van der Waals surface area contributed by atoms with E-state index in [0.717, 1.165) is 16.5 Å². The summed E-state index contributed by atoms with van der Waals surface area (Å²) in [7, 11) is 0.342. The lowest BCUT2D eigenvalue weighted by molar-refractivity contribution is 0.580. The van der Waals surface area contributed by atoms with Crippen molar-refractivity contribution in [1.29, 1.82) is 0 Å². The van der Waals surface area contributed by atoms with Crippen LogP contribution in [0.3, 0.4) is 0 Å². The van der Waals surface area contributed by atoms with Gasteiger partial charge in [-0.25, -0.2) is 13.1 Å². The first kappa shape index (κ1) is 16.5. The molecule has 0 aliphatic rings. The van der Waals surface area contributed by atoms with Crippen LogP contribution in [-0.2, 0) is 10.0 Å². The van der Waals surface area contributed by atoms with E-state index in [1.807, 2.05) is 43.3 Å². The van der Waals surface area contributed by atoms with Crippen molar-refractivity contribution in [2.75, 3.05) is 32.1 Å². The Kier molecular flexibility index (Phi) is 5.15. The van der Waals surface area contributed by atoms with Crippen molar-refractivity contribution in [2.45, 2.75) is 11.3 Å². The lowest BCUT2D eigenvalue weighted by atomic mass is 10.1. The van der Waals surface area contributed by atoms with Crippen LogP contribution in [0.2, 0.25) is 0 Å². The molecule has 0 unspecified atom stereocenters. The Morgan fingerprint density at radius 3 is 2.50 bits per heavy atom. The first-order valence-corrected chi connectivity index (χ1v) is 8.57. The van der Waals surface area contributed by atoms with Gasteiger partial charge < -0.3 is 9.89 Å².